The summed E-state index contributed by atoms with van der Waals surface area (Å²) in [6.45, 7) is 8.10. The summed E-state index contributed by atoms with van der Waals surface area (Å²) < 4.78 is 0. The van der Waals surface area contributed by atoms with Gasteiger partial charge in [0.1, 0.15) is 0 Å². The van der Waals surface area contributed by atoms with Gasteiger partial charge in [-0.25, -0.2) is 0 Å². The highest BCUT2D eigenvalue weighted by Crippen LogP contribution is 2.43. The number of benzene rings is 1. The zero-order valence-corrected chi connectivity index (χ0v) is 15.3. The van der Waals surface area contributed by atoms with Crippen LogP contribution in [0.2, 0.25) is 0 Å². The van der Waals surface area contributed by atoms with Gasteiger partial charge in [0.25, 0.3) is 0 Å². The Balaban J connectivity index is 1.51. The number of carbonyl (C=O) groups is 1. The molecule has 2 fully saturated rings. The number of carbonyl (C=O) groups excluding carboxylic acids is 1. The molecule has 0 unspecified atom stereocenters. The van der Waals surface area contributed by atoms with Gasteiger partial charge >= 0.3 is 0 Å². The lowest BCUT2D eigenvalue weighted by Gasteiger charge is -2.41. The number of amides is 1. The Morgan fingerprint density at radius 2 is 1.83 bits per heavy atom. The number of hydrogen-bond acceptors (Lipinski definition) is 3. The van der Waals surface area contributed by atoms with Crippen molar-refractivity contribution in [3.8, 4) is 0 Å². The highest BCUT2D eigenvalue weighted by Gasteiger charge is 2.49. The summed E-state index contributed by atoms with van der Waals surface area (Å²) in [7, 11) is 0. The first-order valence-electron chi connectivity index (χ1n) is 9.02. The average Bonchev–Trinajstić information content (AvgIpc) is 3.41. The maximum absolute atomic E-state index is 12.0. The fraction of sp³-hybridized carbons (Fsp3) is 0.632. The minimum atomic E-state index is 0.166. The molecular weight excluding hydrogens is 322 g/mol. The molecule has 5 heteroatoms. The molecule has 1 amide bonds. The summed E-state index contributed by atoms with van der Waals surface area (Å²) in [5.41, 5.74) is 1.58. The van der Waals surface area contributed by atoms with Crippen molar-refractivity contribution in [3.63, 3.8) is 0 Å². The molecule has 0 aromatic heterocycles. The number of piperazine rings is 1. The van der Waals surface area contributed by atoms with Crippen LogP contribution in [0.5, 0.6) is 0 Å². The summed E-state index contributed by atoms with van der Waals surface area (Å²) in [5.74, 6) is 0.166. The van der Waals surface area contributed by atoms with E-state index in [1.54, 1.807) is 0 Å². The lowest BCUT2D eigenvalue weighted by atomic mass is 10.1. The van der Waals surface area contributed by atoms with E-state index in [0.717, 1.165) is 39.3 Å². The predicted octanol–water partition coefficient (Wildman–Crippen LogP) is 2.77. The molecule has 1 heterocycles. The van der Waals surface area contributed by atoms with E-state index >= 15 is 0 Å². The van der Waals surface area contributed by atoms with Gasteiger partial charge in [0, 0.05) is 51.2 Å². The normalized spacial score (nSPS) is 20.8. The van der Waals surface area contributed by atoms with Crippen LogP contribution in [-0.2, 0) is 11.3 Å². The van der Waals surface area contributed by atoms with Crippen molar-refractivity contribution in [1.82, 2.24) is 14.7 Å². The third-order valence-corrected chi connectivity index (χ3v) is 5.69. The average molecular weight is 350 g/mol. The topological polar surface area (TPSA) is 26.8 Å². The van der Waals surface area contributed by atoms with E-state index in [4.69, 9.17) is 11.6 Å². The number of halogens is 1. The second-order valence-electron chi connectivity index (χ2n) is 7.04. The standard InChI is InChI=1S/C19H28ClN3O/c1-2-18(24)22(16-20)15-19(8-9-19)23-12-10-21(11-13-23)14-17-6-4-3-5-7-17/h3-7H,2,8-16H2,1H3. The molecule has 0 atom stereocenters. The summed E-state index contributed by atoms with van der Waals surface area (Å²) in [6.07, 6.45) is 2.92. The van der Waals surface area contributed by atoms with E-state index in [0.29, 0.717) is 12.4 Å². The van der Waals surface area contributed by atoms with E-state index < -0.39 is 0 Å². The largest absolute Gasteiger partial charge is 0.327 e. The minimum Gasteiger partial charge on any atom is -0.327 e. The van der Waals surface area contributed by atoms with Crippen LogP contribution in [-0.4, -0.2) is 64.9 Å². The van der Waals surface area contributed by atoms with Gasteiger partial charge < -0.3 is 4.90 Å². The monoisotopic (exact) mass is 349 g/mol. The van der Waals surface area contributed by atoms with Crippen LogP contribution in [0.25, 0.3) is 0 Å². The van der Waals surface area contributed by atoms with Gasteiger partial charge in [-0.1, -0.05) is 37.3 Å². The molecule has 1 saturated carbocycles. The van der Waals surface area contributed by atoms with Crippen LogP contribution >= 0.6 is 11.6 Å². The third kappa shape index (κ3) is 4.11. The number of hydrogen-bond donors (Lipinski definition) is 0. The van der Waals surface area contributed by atoms with Crippen molar-refractivity contribution >= 4 is 17.5 Å². The van der Waals surface area contributed by atoms with Crippen molar-refractivity contribution in [3.05, 3.63) is 35.9 Å². The lowest BCUT2D eigenvalue weighted by Crippen LogP contribution is -2.55. The van der Waals surface area contributed by atoms with E-state index in [1.165, 1.54) is 18.4 Å². The smallest absolute Gasteiger partial charge is 0.223 e. The first-order chi connectivity index (χ1) is 11.7. The van der Waals surface area contributed by atoms with E-state index in [9.17, 15) is 4.79 Å². The highest BCUT2D eigenvalue weighted by atomic mass is 35.5. The second kappa shape index (κ2) is 7.85. The summed E-state index contributed by atoms with van der Waals surface area (Å²) in [5, 5.41) is 0. The Hall–Kier alpha value is -1.10. The first-order valence-corrected chi connectivity index (χ1v) is 9.55. The molecule has 4 nitrogen and oxygen atoms in total. The molecule has 1 aromatic rings. The van der Waals surface area contributed by atoms with Gasteiger partial charge in [0.05, 0.1) is 6.00 Å². The predicted molar refractivity (Wildman–Crippen MR) is 98.0 cm³/mol. The van der Waals surface area contributed by atoms with Gasteiger partial charge in [-0.05, 0) is 18.4 Å². The molecular formula is C19H28ClN3O. The molecule has 0 N–H and O–H groups in total. The molecule has 1 aromatic carbocycles. The fourth-order valence-corrected chi connectivity index (χ4v) is 3.93. The second-order valence-corrected chi connectivity index (χ2v) is 7.28. The van der Waals surface area contributed by atoms with Crippen LogP contribution < -0.4 is 0 Å². The Morgan fingerprint density at radius 3 is 2.38 bits per heavy atom. The van der Waals surface area contributed by atoms with Crippen molar-refractivity contribution in [2.75, 3.05) is 38.7 Å². The molecule has 132 valence electrons. The zero-order valence-electron chi connectivity index (χ0n) is 14.6. The lowest BCUT2D eigenvalue weighted by molar-refractivity contribution is -0.131. The van der Waals surface area contributed by atoms with Gasteiger partial charge in [-0.2, -0.15) is 0 Å². The molecule has 3 rings (SSSR count). The van der Waals surface area contributed by atoms with Crippen LogP contribution in [0.4, 0.5) is 0 Å². The number of rotatable bonds is 7. The quantitative estimate of drug-likeness (QED) is 0.559. The molecule has 0 bridgehead atoms. The first kappa shape index (κ1) is 17.7. The van der Waals surface area contributed by atoms with Gasteiger partial charge in [0.2, 0.25) is 5.91 Å². The molecule has 24 heavy (non-hydrogen) atoms. The summed E-state index contributed by atoms with van der Waals surface area (Å²) in [6, 6.07) is 11.0. The molecule has 2 aliphatic rings. The molecule has 0 spiro atoms. The van der Waals surface area contributed by atoms with Crippen molar-refractivity contribution in [2.45, 2.75) is 38.3 Å². The molecule has 0 radical (unpaired) electrons. The third-order valence-electron chi connectivity index (χ3n) is 5.40. The maximum atomic E-state index is 12.0. The van der Waals surface area contributed by atoms with Crippen molar-refractivity contribution in [1.29, 1.82) is 0 Å². The minimum absolute atomic E-state index is 0.166. The Kier molecular flexibility index (Phi) is 5.80. The van der Waals surface area contributed by atoms with Crippen LogP contribution in [0, 0.1) is 0 Å². The Labute approximate surface area is 150 Å². The number of alkyl halides is 1. The highest BCUT2D eigenvalue weighted by molar-refractivity contribution is 6.18. The van der Waals surface area contributed by atoms with Crippen LogP contribution in [0.3, 0.4) is 0 Å². The van der Waals surface area contributed by atoms with Crippen LogP contribution in [0.15, 0.2) is 30.3 Å². The SMILES string of the molecule is CCC(=O)N(CCl)CC1(N2CCN(Cc3ccccc3)CC2)CC1. The zero-order chi connectivity index (χ0) is 17.0. The Bertz CT molecular complexity index is 539. The maximum Gasteiger partial charge on any atom is 0.223 e. The Morgan fingerprint density at radius 1 is 1.17 bits per heavy atom. The fourth-order valence-electron chi connectivity index (χ4n) is 3.72. The molecule has 1 saturated heterocycles. The molecule has 1 aliphatic heterocycles. The van der Waals surface area contributed by atoms with Gasteiger partial charge in [-0.3, -0.25) is 14.6 Å². The van der Waals surface area contributed by atoms with Gasteiger partial charge in [0.15, 0.2) is 0 Å². The van der Waals surface area contributed by atoms with Crippen molar-refractivity contribution in [2.24, 2.45) is 0 Å². The van der Waals surface area contributed by atoms with Gasteiger partial charge in [-0.15, -0.1) is 11.6 Å². The van der Waals surface area contributed by atoms with E-state index in [1.807, 2.05) is 11.8 Å². The van der Waals surface area contributed by atoms with Crippen LogP contribution in [0.1, 0.15) is 31.7 Å². The summed E-state index contributed by atoms with van der Waals surface area (Å²) >= 11 is 6.01. The van der Waals surface area contributed by atoms with Crippen molar-refractivity contribution < 1.29 is 4.79 Å². The molecule has 1 aliphatic carbocycles. The summed E-state index contributed by atoms with van der Waals surface area (Å²) in [4.78, 5) is 18.9. The van der Waals surface area contributed by atoms with E-state index in [-0.39, 0.29) is 11.4 Å². The van der Waals surface area contributed by atoms with E-state index in [2.05, 4.69) is 40.1 Å². The number of nitrogens with zero attached hydrogens (tertiary/aromatic N) is 3.